The zero-order valence-electron chi connectivity index (χ0n) is 11.5. The second kappa shape index (κ2) is 6.15. The van der Waals surface area contributed by atoms with Gasteiger partial charge in [0.25, 0.3) is 5.91 Å². The molecular formula is C17H16FNO. The molecule has 0 aliphatic carbocycles. The maximum Gasteiger partial charge on any atom is 0.250 e. The van der Waals surface area contributed by atoms with Gasteiger partial charge in [-0.3, -0.25) is 4.79 Å². The molecule has 0 saturated heterocycles. The molecule has 0 aliphatic rings. The van der Waals surface area contributed by atoms with Gasteiger partial charge in [-0.05, 0) is 48.4 Å². The molecule has 0 saturated carbocycles. The van der Waals surface area contributed by atoms with E-state index in [2.05, 4.69) is 0 Å². The third-order valence-electron chi connectivity index (χ3n) is 2.99. The Morgan fingerprint density at radius 3 is 2.60 bits per heavy atom. The van der Waals surface area contributed by atoms with Gasteiger partial charge in [-0.1, -0.05) is 24.3 Å². The van der Waals surface area contributed by atoms with Crippen molar-refractivity contribution in [3.63, 3.8) is 0 Å². The third-order valence-corrected chi connectivity index (χ3v) is 2.99. The van der Waals surface area contributed by atoms with Crippen LogP contribution in [0.4, 0.5) is 10.1 Å². The molecular weight excluding hydrogens is 253 g/mol. The van der Waals surface area contributed by atoms with Crippen molar-refractivity contribution in [1.29, 1.82) is 0 Å². The van der Waals surface area contributed by atoms with E-state index in [1.807, 2.05) is 31.2 Å². The molecule has 0 N–H and O–H groups in total. The van der Waals surface area contributed by atoms with Crippen LogP contribution < -0.4 is 4.90 Å². The van der Waals surface area contributed by atoms with E-state index >= 15 is 0 Å². The van der Waals surface area contributed by atoms with Crippen LogP contribution in [-0.2, 0) is 4.79 Å². The molecule has 102 valence electrons. The highest BCUT2D eigenvalue weighted by Crippen LogP contribution is 2.15. The lowest BCUT2D eigenvalue weighted by molar-refractivity contribution is -0.113. The highest BCUT2D eigenvalue weighted by atomic mass is 19.1. The zero-order chi connectivity index (χ0) is 14.5. The van der Waals surface area contributed by atoms with Gasteiger partial charge in [0.2, 0.25) is 0 Å². The first-order valence-corrected chi connectivity index (χ1v) is 6.34. The van der Waals surface area contributed by atoms with E-state index in [0.717, 1.165) is 11.3 Å². The maximum atomic E-state index is 13.0. The minimum absolute atomic E-state index is 0.153. The molecule has 0 heterocycles. The van der Waals surface area contributed by atoms with Crippen LogP contribution in [0.15, 0.2) is 54.6 Å². The minimum atomic E-state index is -0.313. The van der Waals surface area contributed by atoms with Crippen LogP contribution in [0.1, 0.15) is 11.1 Å². The van der Waals surface area contributed by atoms with Crippen molar-refractivity contribution >= 4 is 17.7 Å². The van der Waals surface area contributed by atoms with Crippen LogP contribution in [-0.4, -0.2) is 13.0 Å². The molecule has 0 spiro atoms. The zero-order valence-corrected chi connectivity index (χ0v) is 11.5. The van der Waals surface area contributed by atoms with Gasteiger partial charge in [-0.2, -0.15) is 0 Å². The van der Waals surface area contributed by atoms with E-state index in [-0.39, 0.29) is 11.7 Å². The van der Waals surface area contributed by atoms with Gasteiger partial charge in [0, 0.05) is 18.8 Å². The summed E-state index contributed by atoms with van der Waals surface area (Å²) in [4.78, 5) is 13.6. The van der Waals surface area contributed by atoms with Gasteiger partial charge in [0.05, 0.1) is 0 Å². The van der Waals surface area contributed by atoms with Crippen molar-refractivity contribution in [3.05, 3.63) is 71.6 Å². The number of rotatable bonds is 3. The lowest BCUT2D eigenvalue weighted by Crippen LogP contribution is -2.23. The van der Waals surface area contributed by atoms with Crippen molar-refractivity contribution in [2.45, 2.75) is 6.92 Å². The van der Waals surface area contributed by atoms with E-state index in [4.69, 9.17) is 0 Å². The Balaban J connectivity index is 2.12. The summed E-state index contributed by atoms with van der Waals surface area (Å²) in [5, 5.41) is 0. The van der Waals surface area contributed by atoms with Crippen molar-refractivity contribution < 1.29 is 9.18 Å². The van der Waals surface area contributed by atoms with Gasteiger partial charge in [-0.15, -0.1) is 0 Å². The Hall–Kier alpha value is -2.42. The second-order valence-electron chi connectivity index (χ2n) is 4.62. The summed E-state index contributed by atoms with van der Waals surface area (Å²) >= 11 is 0. The predicted molar refractivity (Wildman–Crippen MR) is 80.0 cm³/mol. The number of hydrogen-bond donors (Lipinski definition) is 0. The standard InChI is InChI=1S/C17H16FNO/c1-13-5-3-8-16(11-13)19(2)17(20)10-9-14-6-4-7-15(18)12-14/h3-12H,1-2H3. The maximum absolute atomic E-state index is 13.0. The Kier molecular flexibility index (Phi) is 4.31. The molecule has 0 aliphatic heterocycles. The first-order chi connectivity index (χ1) is 9.56. The Morgan fingerprint density at radius 1 is 1.15 bits per heavy atom. The van der Waals surface area contributed by atoms with Crippen LogP contribution in [0.3, 0.4) is 0 Å². The van der Waals surface area contributed by atoms with Gasteiger partial charge in [0.15, 0.2) is 0 Å². The summed E-state index contributed by atoms with van der Waals surface area (Å²) in [6.07, 6.45) is 3.05. The van der Waals surface area contributed by atoms with E-state index in [1.165, 1.54) is 18.2 Å². The molecule has 0 aromatic heterocycles. The number of benzene rings is 2. The predicted octanol–water partition coefficient (Wildman–Crippen LogP) is 3.81. The minimum Gasteiger partial charge on any atom is -0.312 e. The normalized spacial score (nSPS) is 10.8. The summed E-state index contributed by atoms with van der Waals surface area (Å²) in [6.45, 7) is 1.98. The number of hydrogen-bond acceptors (Lipinski definition) is 1. The van der Waals surface area contributed by atoms with Gasteiger partial charge < -0.3 is 4.90 Å². The molecule has 0 bridgehead atoms. The average Bonchev–Trinajstić information content (AvgIpc) is 2.44. The van der Waals surface area contributed by atoms with Crippen LogP contribution in [0, 0.1) is 12.7 Å². The van der Waals surface area contributed by atoms with Gasteiger partial charge in [-0.25, -0.2) is 4.39 Å². The summed E-state index contributed by atoms with van der Waals surface area (Å²) in [6, 6.07) is 13.8. The smallest absolute Gasteiger partial charge is 0.250 e. The van der Waals surface area contributed by atoms with Crippen molar-refractivity contribution in [2.24, 2.45) is 0 Å². The summed E-state index contributed by atoms with van der Waals surface area (Å²) in [7, 11) is 1.72. The Bertz CT molecular complexity index is 649. The first-order valence-electron chi connectivity index (χ1n) is 6.34. The fourth-order valence-corrected chi connectivity index (χ4v) is 1.85. The van der Waals surface area contributed by atoms with Gasteiger partial charge in [0.1, 0.15) is 5.82 Å². The van der Waals surface area contributed by atoms with Crippen LogP contribution in [0.2, 0.25) is 0 Å². The number of likely N-dealkylation sites (N-methyl/N-ethyl adjacent to an activating group) is 1. The number of anilines is 1. The molecule has 0 fully saturated rings. The molecule has 0 atom stereocenters. The Morgan fingerprint density at radius 2 is 1.90 bits per heavy atom. The summed E-state index contributed by atoms with van der Waals surface area (Å²) in [5.74, 6) is -0.466. The summed E-state index contributed by atoms with van der Waals surface area (Å²) in [5.41, 5.74) is 2.59. The fraction of sp³-hybridized carbons (Fsp3) is 0.118. The second-order valence-corrected chi connectivity index (χ2v) is 4.62. The molecule has 2 nitrogen and oxygen atoms in total. The lowest BCUT2D eigenvalue weighted by atomic mass is 10.2. The summed E-state index contributed by atoms with van der Waals surface area (Å²) < 4.78 is 13.0. The number of amides is 1. The largest absolute Gasteiger partial charge is 0.312 e. The van der Waals surface area contributed by atoms with E-state index in [1.54, 1.807) is 30.2 Å². The SMILES string of the molecule is Cc1cccc(N(C)C(=O)C=Cc2cccc(F)c2)c1. The quantitative estimate of drug-likeness (QED) is 0.776. The fourth-order valence-electron chi connectivity index (χ4n) is 1.85. The van der Waals surface area contributed by atoms with Gasteiger partial charge >= 0.3 is 0 Å². The highest BCUT2D eigenvalue weighted by Gasteiger charge is 2.07. The number of halogens is 1. The number of carbonyl (C=O) groups is 1. The van der Waals surface area contributed by atoms with E-state index < -0.39 is 0 Å². The molecule has 2 aromatic rings. The van der Waals surface area contributed by atoms with Crippen LogP contribution >= 0.6 is 0 Å². The molecule has 3 heteroatoms. The van der Waals surface area contributed by atoms with Crippen LogP contribution in [0.25, 0.3) is 6.08 Å². The monoisotopic (exact) mass is 269 g/mol. The molecule has 1 amide bonds. The highest BCUT2D eigenvalue weighted by molar-refractivity contribution is 6.03. The number of nitrogens with zero attached hydrogens (tertiary/aromatic N) is 1. The van der Waals surface area contributed by atoms with Crippen molar-refractivity contribution in [3.8, 4) is 0 Å². The Labute approximate surface area is 118 Å². The molecule has 20 heavy (non-hydrogen) atoms. The number of aryl methyl sites for hydroxylation is 1. The molecule has 0 radical (unpaired) electrons. The first kappa shape index (κ1) is 14.0. The average molecular weight is 269 g/mol. The molecule has 2 aromatic carbocycles. The lowest BCUT2D eigenvalue weighted by Gasteiger charge is -2.15. The van der Waals surface area contributed by atoms with Crippen molar-refractivity contribution in [1.82, 2.24) is 0 Å². The van der Waals surface area contributed by atoms with E-state index in [9.17, 15) is 9.18 Å². The van der Waals surface area contributed by atoms with Crippen molar-refractivity contribution in [2.75, 3.05) is 11.9 Å². The van der Waals surface area contributed by atoms with Crippen LogP contribution in [0.5, 0.6) is 0 Å². The molecule has 0 unspecified atom stereocenters. The molecule has 2 rings (SSSR count). The van der Waals surface area contributed by atoms with E-state index in [0.29, 0.717) is 5.56 Å². The topological polar surface area (TPSA) is 20.3 Å². The number of carbonyl (C=O) groups excluding carboxylic acids is 1. The third kappa shape index (κ3) is 3.54.